The number of carbonyl (C=O) groups excluding carboxylic acids is 1. The Morgan fingerprint density at radius 2 is 2.21 bits per heavy atom. The Kier molecular flexibility index (Phi) is 8.06. The Labute approximate surface area is 153 Å². The van der Waals surface area contributed by atoms with Gasteiger partial charge >= 0.3 is 5.97 Å². The lowest BCUT2D eigenvalue weighted by Crippen LogP contribution is -2.14. The Morgan fingerprint density at radius 3 is 2.96 bits per heavy atom. The zero-order chi connectivity index (χ0) is 17.4. The smallest absolute Gasteiger partial charge is 0.306 e. The number of hydrogen-bond acceptors (Lipinski definition) is 5. The quantitative estimate of drug-likeness (QED) is 0.391. The summed E-state index contributed by atoms with van der Waals surface area (Å²) < 4.78 is 6.65. The first kappa shape index (κ1) is 19.3. The fraction of sp³-hybridized carbons (Fsp3) is 0.579. The van der Waals surface area contributed by atoms with Crippen molar-refractivity contribution >= 4 is 39.3 Å². The molecule has 0 aliphatic rings. The van der Waals surface area contributed by atoms with E-state index < -0.39 is 0 Å². The second-order valence-electron chi connectivity index (χ2n) is 6.06. The molecule has 1 atom stereocenters. The van der Waals surface area contributed by atoms with Crippen molar-refractivity contribution in [3.8, 4) is 0 Å². The number of aromatic nitrogens is 1. The summed E-state index contributed by atoms with van der Waals surface area (Å²) in [6.45, 7) is 6.96. The van der Waals surface area contributed by atoms with Crippen molar-refractivity contribution in [2.45, 2.75) is 57.8 Å². The fourth-order valence-corrected chi connectivity index (χ4v) is 4.35. The van der Waals surface area contributed by atoms with E-state index in [4.69, 9.17) is 4.74 Å². The molecule has 3 nitrogen and oxygen atoms in total. The molecule has 0 saturated heterocycles. The molecule has 2 aromatic rings. The van der Waals surface area contributed by atoms with Gasteiger partial charge in [-0.15, -0.1) is 23.1 Å². The maximum absolute atomic E-state index is 11.9. The monoisotopic (exact) mass is 365 g/mol. The molecule has 0 radical (unpaired) electrons. The Bertz CT molecular complexity index is 654. The Hall–Kier alpha value is -1.07. The van der Waals surface area contributed by atoms with Crippen LogP contribution in [-0.4, -0.2) is 23.3 Å². The molecule has 1 unspecified atom stereocenters. The van der Waals surface area contributed by atoms with Crippen LogP contribution in [0.2, 0.25) is 0 Å². The van der Waals surface area contributed by atoms with Crippen LogP contribution in [0.1, 0.15) is 51.0 Å². The van der Waals surface area contributed by atoms with Crippen molar-refractivity contribution in [3.05, 3.63) is 23.2 Å². The molecule has 0 saturated carbocycles. The van der Waals surface area contributed by atoms with E-state index in [9.17, 15) is 4.79 Å². The molecule has 24 heavy (non-hydrogen) atoms. The third-order valence-corrected chi connectivity index (χ3v) is 5.99. The summed E-state index contributed by atoms with van der Waals surface area (Å²) >= 11 is 3.41. The highest BCUT2D eigenvalue weighted by molar-refractivity contribution is 7.99. The number of esters is 1. The highest BCUT2D eigenvalue weighted by atomic mass is 32.2. The van der Waals surface area contributed by atoms with Crippen molar-refractivity contribution in [3.63, 3.8) is 0 Å². The van der Waals surface area contributed by atoms with E-state index in [1.54, 1.807) is 23.1 Å². The van der Waals surface area contributed by atoms with Crippen molar-refractivity contribution < 1.29 is 9.53 Å². The van der Waals surface area contributed by atoms with Crippen LogP contribution < -0.4 is 0 Å². The Morgan fingerprint density at radius 1 is 1.38 bits per heavy atom. The molecule has 0 spiro atoms. The van der Waals surface area contributed by atoms with E-state index in [0.717, 1.165) is 29.1 Å². The van der Waals surface area contributed by atoms with Gasteiger partial charge in [0.2, 0.25) is 0 Å². The maximum Gasteiger partial charge on any atom is 0.306 e. The van der Waals surface area contributed by atoms with Gasteiger partial charge in [-0.25, -0.2) is 4.98 Å². The van der Waals surface area contributed by atoms with Crippen LogP contribution in [0.25, 0.3) is 10.2 Å². The predicted octanol–water partition coefficient (Wildman–Crippen LogP) is 5.85. The number of benzene rings is 1. The molecular weight excluding hydrogens is 338 g/mol. The lowest BCUT2D eigenvalue weighted by Gasteiger charge is -2.14. The van der Waals surface area contributed by atoms with Crippen molar-refractivity contribution in [2.75, 3.05) is 12.4 Å². The van der Waals surface area contributed by atoms with Crippen LogP contribution >= 0.6 is 23.1 Å². The molecule has 1 aromatic heterocycles. The lowest BCUT2D eigenvalue weighted by molar-refractivity contribution is -0.144. The van der Waals surface area contributed by atoms with Gasteiger partial charge in [-0.1, -0.05) is 33.1 Å². The van der Waals surface area contributed by atoms with Crippen LogP contribution in [-0.2, 0) is 9.53 Å². The second-order valence-corrected chi connectivity index (χ2v) is 8.46. The summed E-state index contributed by atoms with van der Waals surface area (Å²) in [5.74, 6) is 1.19. The summed E-state index contributed by atoms with van der Waals surface area (Å²) in [7, 11) is 0. The molecule has 0 fully saturated rings. The fourth-order valence-electron chi connectivity index (χ4n) is 2.54. The van der Waals surface area contributed by atoms with Crippen LogP contribution in [0, 0.1) is 12.8 Å². The first-order valence-corrected chi connectivity index (χ1v) is 10.6. The van der Waals surface area contributed by atoms with Gasteiger partial charge in [-0.3, -0.25) is 4.79 Å². The summed E-state index contributed by atoms with van der Waals surface area (Å²) in [5.41, 5.74) is 1.05. The van der Waals surface area contributed by atoms with E-state index in [1.165, 1.54) is 22.4 Å². The van der Waals surface area contributed by atoms with Crippen LogP contribution in [0.3, 0.4) is 0 Å². The lowest BCUT2D eigenvalue weighted by atomic mass is 10.0. The third kappa shape index (κ3) is 6.10. The normalized spacial score (nSPS) is 12.5. The number of ether oxygens (including phenoxy) is 1. The molecule has 2 rings (SSSR count). The number of carbonyl (C=O) groups is 1. The summed E-state index contributed by atoms with van der Waals surface area (Å²) in [6, 6.07) is 6.29. The van der Waals surface area contributed by atoms with Crippen molar-refractivity contribution in [1.29, 1.82) is 0 Å². The number of thiazole rings is 1. The minimum absolute atomic E-state index is 0.0767. The number of hydrogen-bond donors (Lipinski definition) is 0. The van der Waals surface area contributed by atoms with E-state index in [1.807, 2.05) is 6.92 Å². The van der Waals surface area contributed by atoms with Crippen LogP contribution in [0.5, 0.6) is 0 Å². The highest BCUT2D eigenvalue weighted by Crippen LogP contribution is 2.27. The third-order valence-electron chi connectivity index (χ3n) is 4.07. The summed E-state index contributed by atoms with van der Waals surface area (Å²) in [6.07, 6.45) is 5.12. The van der Waals surface area contributed by atoms with Gasteiger partial charge < -0.3 is 4.74 Å². The number of unbranched alkanes of at least 4 members (excludes halogenated alkanes) is 1. The number of fused-ring (bicyclic) bond motifs is 1. The zero-order valence-electron chi connectivity index (χ0n) is 14.8. The number of aryl methyl sites for hydroxylation is 1. The second kappa shape index (κ2) is 10.0. The van der Waals surface area contributed by atoms with Gasteiger partial charge in [-0.05, 0) is 37.5 Å². The number of rotatable bonds is 10. The summed E-state index contributed by atoms with van der Waals surface area (Å²) in [5, 5.41) is 1.09. The molecule has 0 N–H and O–H groups in total. The Balaban J connectivity index is 1.71. The van der Waals surface area contributed by atoms with E-state index >= 15 is 0 Å². The molecule has 0 bridgehead atoms. The first-order chi connectivity index (χ1) is 11.6. The van der Waals surface area contributed by atoms with E-state index in [0.29, 0.717) is 18.9 Å². The molecule has 132 valence electrons. The van der Waals surface area contributed by atoms with Crippen molar-refractivity contribution in [2.24, 2.45) is 5.92 Å². The number of nitrogens with zero attached hydrogens (tertiary/aromatic N) is 1. The van der Waals surface area contributed by atoms with Gasteiger partial charge in [0, 0.05) is 10.6 Å². The maximum atomic E-state index is 11.9. The van der Waals surface area contributed by atoms with Gasteiger partial charge in [0.15, 0.2) is 0 Å². The van der Waals surface area contributed by atoms with Gasteiger partial charge in [-0.2, -0.15) is 0 Å². The standard InChI is InChI=1S/C19H27NO2S2/c1-4-6-7-15(5-2)13-22-19(21)10-11-23-16-8-9-17-18(12-16)24-14(3)20-17/h8-9,12,15H,4-7,10-11,13H2,1-3H3. The average Bonchev–Trinajstić information content (AvgIpc) is 2.94. The highest BCUT2D eigenvalue weighted by Gasteiger charge is 2.10. The minimum atomic E-state index is -0.0767. The molecule has 0 aliphatic carbocycles. The number of thioether (sulfide) groups is 1. The van der Waals surface area contributed by atoms with Crippen LogP contribution in [0.4, 0.5) is 0 Å². The molecule has 0 aliphatic heterocycles. The molecule has 1 aromatic carbocycles. The van der Waals surface area contributed by atoms with E-state index in [-0.39, 0.29) is 5.97 Å². The van der Waals surface area contributed by atoms with Gasteiger partial charge in [0.25, 0.3) is 0 Å². The average molecular weight is 366 g/mol. The molecule has 0 amide bonds. The SMILES string of the molecule is CCCCC(CC)COC(=O)CCSc1ccc2nc(C)sc2c1. The topological polar surface area (TPSA) is 39.2 Å². The minimum Gasteiger partial charge on any atom is -0.465 e. The largest absolute Gasteiger partial charge is 0.465 e. The van der Waals surface area contributed by atoms with E-state index in [2.05, 4.69) is 37.0 Å². The van der Waals surface area contributed by atoms with Gasteiger partial charge in [0.1, 0.15) is 0 Å². The van der Waals surface area contributed by atoms with Crippen LogP contribution in [0.15, 0.2) is 23.1 Å². The van der Waals surface area contributed by atoms with Crippen molar-refractivity contribution in [1.82, 2.24) is 4.98 Å². The van der Waals surface area contributed by atoms with Gasteiger partial charge in [0.05, 0.1) is 28.3 Å². The first-order valence-electron chi connectivity index (χ1n) is 8.78. The molecule has 5 heteroatoms. The molecular formula is C19H27NO2S2. The molecule has 1 heterocycles. The predicted molar refractivity (Wildman–Crippen MR) is 104 cm³/mol. The zero-order valence-corrected chi connectivity index (χ0v) is 16.5. The summed E-state index contributed by atoms with van der Waals surface area (Å²) in [4.78, 5) is 17.6.